The quantitative estimate of drug-likeness (QED) is 0.339. The van der Waals surface area contributed by atoms with E-state index < -0.39 is 0 Å². The molecule has 5 rings (SSSR count). The first kappa shape index (κ1) is 16.0. The van der Waals surface area contributed by atoms with Crippen LogP contribution in [0, 0.1) is 0 Å². The van der Waals surface area contributed by atoms with Gasteiger partial charge in [0.2, 0.25) is 0 Å². The summed E-state index contributed by atoms with van der Waals surface area (Å²) in [5.74, 6) is 0. The Hall–Kier alpha value is -3.23. The van der Waals surface area contributed by atoms with Crippen molar-refractivity contribution >= 4 is 32.9 Å². The van der Waals surface area contributed by atoms with Crippen molar-refractivity contribution < 1.29 is 0 Å². The van der Waals surface area contributed by atoms with Gasteiger partial charge < -0.3 is 0 Å². The van der Waals surface area contributed by atoms with Crippen molar-refractivity contribution in [2.45, 2.75) is 0 Å². The Morgan fingerprint density at radius 3 is 1.41 bits per heavy atom. The lowest BCUT2D eigenvalue weighted by Crippen LogP contribution is -1.87. The molecule has 0 N–H and O–H groups in total. The fraction of sp³-hybridized carbons (Fsp3) is 0. The molecule has 0 aliphatic heterocycles. The number of hydrogen-bond donors (Lipinski definition) is 0. The molecule has 5 aromatic rings. The minimum atomic E-state index is 0.0280. The van der Waals surface area contributed by atoms with Gasteiger partial charge in [0.1, 0.15) is 0 Å². The summed E-state index contributed by atoms with van der Waals surface area (Å²) in [5, 5.41) is 4.63. The molecule has 0 bridgehead atoms. The summed E-state index contributed by atoms with van der Waals surface area (Å²) in [4.78, 5) is 14.3. The van der Waals surface area contributed by atoms with Crippen LogP contribution in [0.25, 0.3) is 42.4 Å². The average Bonchev–Trinajstić information content (AvgIpc) is 2.99. The zero-order valence-electron chi connectivity index (χ0n) is 14.6. The fourth-order valence-electron chi connectivity index (χ4n) is 3.52. The Morgan fingerprint density at radius 2 is 0.963 bits per heavy atom. The highest BCUT2D eigenvalue weighted by Gasteiger charge is 2.15. The lowest BCUT2D eigenvalue weighted by Gasteiger charge is -2.01. The molecular formula is C25H16OS. The summed E-state index contributed by atoms with van der Waals surface area (Å²) < 4.78 is 0. The van der Waals surface area contributed by atoms with Crippen LogP contribution < -0.4 is 5.43 Å². The van der Waals surface area contributed by atoms with Gasteiger partial charge in [-0.15, -0.1) is 11.3 Å². The second kappa shape index (κ2) is 6.49. The zero-order valence-corrected chi connectivity index (χ0v) is 15.4. The summed E-state index contributed by atoms with van der Waals surface area (Å²) >= 11 is 1.83. The van der Waals surface area contributed by atoms with Crippen molar-refractivity contribution in [2.75, 3.05) is 0 Å². The topological polar surface area (TPSA) is 17.1 Å². The minimum Gasteiger partial charge on any atom is -0.290 e. The van der Waals surface area contributed by atoms with Crippen molar-refractivity contribution in [2.24, 2.45) is 0 Å². The van der Waals surface area contributed by atoms with Gasteiger partial charge in [-0.2, -0.15) is 0 Å². The fourth-order valence-corrected chi connectivity index (χ4v) is 4.79. The molecule has 0 aliphatic carbocycles. The number of benzene rings is 3. The standard InChI is InChI=1S/C25H16OS/c26-21-13-11-19-15-22-23(16-20(19)12-14-21)25(18-9-5-2-6-10-18)27-24(22)17-7-3-1-4-8-17/h1-16H. The molecule has 0 amide bonds. The summed E-state index contributed by atoms with van der Waals surface area (Å²) in [7, 11) is 0. The second-order valence-electron chi connectivity index (χ2n) is 6.59. The molecule has 1 heterocycles. The van der Waals surface area contributed by atoms with Crippen LogP contribution in [-0.2, 0) is 0 Å². The van der Waals surface area contributed by atoms with E-state index >= 15 is 0 Å². The van der Waals surface area contributed by atoms with Crippen molar-refractivity contribution in [1.82, 2.24) is 0 Å². The zero-order chi connectivity index (χ0) is 18.2. The molecule has 2 heteroatoms. The Morgan fingerprint density at radius 1 is 0.519 bits per heavy atom. The average molecular weight is 364 g/mol. The second-order valence-corrected chi connectivity index (χ2v) is 7.61. The molecule has 0 saturated heterocycles. The SMILES string of the molecule is O=c1ccc2cc3c(-c4ccccc4)sc(-c4ccccc4)c3cc2cc1. The number of thiophene rings is 1. The van der Waals surface area contributed by atoms with Gasteiger partial charge in [0.15, 0.2) is 5.43 Å². The molecule has 0 aliphatic rings. The van der Waals surface area contributed by atoms with Crippen LogP contribution in [0.4, 0.5) is 0 Å². The summed E-state index contributed by atoms with van der Waals surface area (Å²) in [6, 6.07) is 32.6. The van der Waals surface area contributed by atoms with Crippen LogP contribution in [0.2, 0.25) is 0 Å². The van der Waals surface area contributed by atoms with E-state index in [2.05, 4.69) is 60.7 Å². The van der Waals surface area contributed by atoms with Crippen molar-refractivity contribution in [3.8, 4) is 20.9 Å². The van der Waals surface area contributed by atoms with Crippen molar-refractivity contribution in [1.29, 1.82) is 0 Å². The molecular weight excluding hydrogens is 348 g/mol. The first-order chi connectivity index (χ1) is 13.3. The molecule has 1 aromatic heterocycles. The van der Waals surface area contributed by atoms with Crippen LogP contribution in [0.5, 0.6) is 0 Å². The van der Waals surface area contributed by atoms with E-state index in [9.17, 15) is 4.79 Å². The predicted molar refractivity (Wildman–Crippen MR) is 116 cm³/mol. The van der Waals surface area contributed by atoms with E-state index in [1.54, 1.807) is 12.1 Å². The van der Waals surface area contributed by atoms with Gasteiger partial charge in [0.25, 0.3) is 0 Å². The van der Waals surface area contributed by atoms with E-state index in [0.717, 1.165) is 10.8 Å². The number of fused-ring (bicyclic) bond motifs is 2. The first-order valence-electron chi connectivity index (χ1n) is 8.91. The smallest absolute Gasteiger partial charge is 0.178 e. The Balaban J connectivity index is 1.91. The van der Waals surface area contributed by atoms with Crippen LogP contribution in [0.1, 0.15) is 0 Å². The Bertz CT molecular complexity index is 1220. The molecule has 0 saturated carbocycles. The van der Waals surface area contributed by atoms with E-state index in [-0.39, 0.29) is 5.43 Å². The van der Waals surface area contributed by atoms with E-state index in [1.165, 1.54) is 31.7 Å². The third-order valence-corrected chi connectivity index (χ3v) is 6.16. The van der Waals surface area contributed by atoms with Crippen molar-refractivity contribution in [3.63, 3.8) is 0 Å². The minimum absolute atomic E-state index is 0.0280. The van der Waals surface area contributed by atoms with Crippen LogP contribution in [-0.4, -0.2) is 0 Å². The van der Waals surface area contributed by atoms with E-state index in [1.807, 2.05) is 35.6 Å². The van der Waals surface area contributed by atoms with E-state index in [0.29, 0.717) is 0 Å². The maximum atomic E-state index is 11.8. The molecule has 27 heavy (non-hydrogen) atoms. The molecule has 0 radical (unpaired) electrons. The third-order valence-electron chi connectivity index (χ3n) is 4.84. The lowest BCUT2D eigenvalue weighted by molar-refractivity contribution is 1.68. The normalized spacial score (nSPS) is 11.1. The monoisotopic (exact) mass is 364 g/mol. The summed E-state index contributed by atoms with van der Waals surface area (Å²) in [6.45, 7) is 0. The van der Waals surface area contributed by atoms with Gasteiger partial charge in [0.05, 0.1) is 0 Å². The van der Waals surface area contributed by atoms with E-state index in [4.69, 9.17) is 0 Å². The molecule has 1 nitrogen and oxygen atoms in total. The highest BCUT2D eigenvalue weighted by molar-refractivity contribution is 7.21. The number of hydrogen-bond acceptors (Lipinski definition) is 2. The van der Waals surface area contributed by atoms with Crippen LogP contribution in [0.3, 0.4) is 0 Å². The molecule has 0 unspecified atom stereocenters. The largest absolute Gasteiger partial charge is 0.290 e. The third kappa shape index (κ3) is 2.84. The highest BCUT2D eigenvalue weighted by atomic mass is 32.1. The molecule has 128 valence electrons. The van der Waals surface area contributed by atoms with Crippen LogP contribution >= 0.6 is 11.3 Å². The van der Waals surface area contributed by atoms with Gasteiger partial charge in [-0.25, -0.2) is 0 Å². The van der Waals surface area contributed by atoms with Gasteiger partial charge in [-0.05, 0) is 46.2 Å². The first-order valence-corrected chi connectivity index (χ1v) is 9.73. The Labute approximate surface area is 161 Å². The van der Waals surface area contributed by atoms with Gasteiger partial charge in [0, 0.05) is 20.5 Å². The summed E-state index contributed by atoms with van der Waals surface area (Å²) in [5.41, 5.74) is 2.47. The molecule has 0 atom stereocenters. The maximum absolute atomic E-state index is 11.8. The molecule has 0 spiro atoms. The van der Waals surface area contributed by atoms with Gasteiger partial charge in [-0.3, -0.25) is 4.79 Å². The van der Waals surface area contributed by atoms with Gasteiger partial charge in [-0.1, -0.05) is 72.8 Å². The summed E-state index contributed by atoms with van der Waals surface area (Å²) in [6.07, 6.45) is 0. The van der Waals surface area contributed by atoms with Crippen molar-refractivity contribution in [3.05, 3.63) is 107 Å². The lowest BCUT2D eigenvalue weighted by atomic mass is 10.0. The van der Waals surface area contributed by atoms with Crippen LogP contribution in [0.15, 0.2) is 102 Å². The van der Waals surface area contributed by atoms with Gasteiger partial charge >= 0.3 is 0 Å². The maximum Gasteiger partial charge on any atom is 0.178 e. The molecule has 4 aromatic carbocycles. The number of rotatable bonds is 2. The molecule has 0 fully saturated rings. The highest BCUT2D eigenvalue weighted by Crippen LogP contribution is 2.45. The Kier molecular flexibility index (Phi) is 3.84. The predicted octanol–water partition coefficient (Wildman–Crippen LogP) is 6.75.